The molecule has 3 heterocycles. The first-order valence-corrected chi connectivity index (χ1v) is 9.68. The molecule has 2 aliphatic rings. The van der Waals surface area contributed by atoms with Gasteiger partial charge in [0.15, 0.2) is 0 Å². The lowest BCUT2D eigenvalue weighted by atomic mass is 9.79. The van der Waals surface area contributed by atoms with Crippen LogP contribution in [-0.4, -0.2) is 66.3 Å². The van der Waals surface area contributed by atoms with Crippen LogP contribution in [-0.2, 0) is 10.3 Å². The van der Waals surface area contributed by atoms with Crippen LogP contribution in [0.15, 0.2) is 48.7 Å². The average molecular weight is 382 g/mol. The number of hydrogen-bond donors (Lipinski definition) is 2. The van der Waals surface area contributed by atoms with Crippen molar-refractivity contribution in [3.8, 4) is 0 Å². The Morgan fingerprint density at radius 2 is 1.89 bits per heavy atom. The summed E-state index contributed by atoms with van der Waals surface area (Å²) in [7, 11) is 0. The fourth-order valence-electron chi connectivity index (χ4n) is 4.22. The van der Waals surface area contributed by atoms with Crippen molar-refractivity contribution >= 4 is 11.7 Å². The predicted molar refractivity (Wildman–Crippen MR) is 106 cm³/mol. The summed E-state index contributed by atoms with van der Waals surface area (Å²) >= 11 is 0. The van der Waals surface area contributed by atoms with Crippen LogP contribution in [0.2, 0.25) is 0 Å². The Morgan fingerprint density at radius 1 is 1.14 bits per heavy atom. The third kappa shape index (κ3) is 3.61. The molecular formula is C21H26N4O3. The van der Waals surface area contributed by atoms with Gasteiger partial charge in [-0.25, -0.2) is 4.98 Å². The Labute approximate surface area is 164 Å². The molecule has 2 atom stereocenters. The molecule has 0 radical (unpaired) electrons. The second kappa shape index (κ2) is 7.87. The van der Waals surface area contributed by atoms with Crippen molar-refractivity contribution in [3.05, 3.63) is 59.8 Å². The number of aromatic nitrogens is 1. The number of carbonyl (C=O) groups is 1. The van der Waals surface area contributed by atoms with Gasteiger partial charge >= 0.3 is 0 Å². The molecule has 0 aliphatic carbocycles. The Kier molecular flexibility index (Phi) is 5.30. The van der Waals surface area contributed by atoms with Gasteiger partial charge in [0, 0.05) is 32.4 Å². The molecule has 7 heteroatoms. The molecule has 0 saturated carbocycles. The maximum Gasteiger partial charge on any atom is 0.250 e. The fourth-order valence-corrected chi connectivity index (χ4v) is 4.22. The summed E-state index contributed by atoms with van der Waals surface area (Å²) in [6, 6.07) is 13.4. The quantitative estimate of drug-likeness (QED) is 0.819. The third-order valence-corrected chi connectivity index (χ3v) is 5.82. The molecule has 2 aromatic rings. The van der Waals surface area contributed by atoms with E-state index in [1.54, 1.807) is 6.07 Å². The minimum Gasteiger partial charge on any atom is -0.383 e. The highest BCUT2D eigenvalue weighted by Crippen LogP contribution is 2.37. The van der Waals surface area contributed by atoms with Crippen LogP contribution in [0.25, 0.3) is 0 Å². The number of pyridine rings is 1. The number of anilines is 1. The maximum atomic E-state index is 11.7. The molecule has 0 spiro atoms. The average Bonchev–Trinajstić information content (AvgIpc) is 2.75. The normalized spacial score (nSPS) is 26.2. The minimum atomic E-state index is -0.928. The molecule has 1 aromatic heterocycles. The number of benzene rings is 1. The Hall–Kier alpha value is -2.48. The molecule has 148 valence electrons. The number of piperidine rings is 1. The van der Waals surface area contributed by atoms with E-state index in [4.69, 9.17) is 10.5 Å². The lowest BCUT2D eigenvalue weighted by molar-refractivity contribution is -0.0911. The molecule has 28 heavy (non-hydrogen) atoms. The number of primary amides is 1. The molecule has 0 unspecified atom stereocenters. The number of morpholine rings is 1. The molecule has 0 bridgehead atoms. The molecule has 1 aromatic carbocycles. The molecular weight excluding hydrogens is 356 g/mol. The van der Waals surface area contributed by atoms with Crippen molar-refractivity contribution in [2.45, 2.75) is 18.1 Å². The van der Waals surface area contributed by atoms with Gasteiger partial charge in [-0.3, -0.25) is 9.69 Å². The maximum absolute atomic E-state index is 11.7. The van der Waals surface area contributed by atoms with Gasteiger partial charge in [-0.05, 0) is 24.1 Å². The van der Waals surface area contributed by atoms with Crippen LogP contribution in [0.3, 0.4) is 0 Å². The van der Waals surface area contributed by atoms with E-state index in [0.717, 1.165) is 24.5 Å². The molecule has 4 rings (SSSR count). The highest BCUT2D eigenvalue weighted by atomic mass is 16.5. The fraction of sp³-hybridized carbons (Fsp3) is 0.429. The van der Waals surface area contributed by atoms with Gasteiger partial charge in [0.2, 0.25) is 5.91 Å². The summed E-state index contributed by atoms with van der Waals surface area (Å²) in [6.07, 6.45) is 2.11. The lowest BCUT2D eigenvalue weighted by Gasteiger charge is -2.50. The number of amides is 1. The van der Waals surface area contributed by atoms with E-state index in [-0.39, 0.29) is 6.04 Å². The predicted octanol–water partition coefficient (Wildman–Crippen LogP) is 0.979. The minimum absolute atomic E-state index is 0.0785. The van der Waals surface area contributed by atoms with Gasteiger partial charge in [0.1, 0.15) is 11.4 Å². The van der Waals surface area contributed by atoms with Gasteiger partial charge in [0.05, 0.1) is 24.8 Å². The standard InChI is InChI=1S/C21H26N4O3/c22-20(26)16-6-7-19(23-14-16)25-9-8-21(27,17-4-2-1-3-5-17)18(15-25)24-10-12-28-13-11-24/h1-7,14,18,27H,8-13,15H2,(H2,22,26)/t18-,21+/m1/s1. The van der Waals surface area contributed by atoms with Crippen LogP contribution >= 0.6 is 0 Å². The summed E-state index contributed by atoms with van der Waals surface area (Å²) in [5.41, 5.74) is 5.73. The highest BCUT2D eigenvalue weighted by Gasteiger charge is 2.46. The van der Waals surface area contributed by atoms with Crippen molar-refractivity contribution in [1.29, 1.82) is 0 Å². The smallest absolute Gasteiger partial charge is 0.250 e. The zero-order valence-electron chi connectivity index (χ0n) is 15.8. The third-order valence-electron chi connectivity index (χ3n) is 5.82. The monoisotopic (exact) mass is 382 g/mol. The van der Waals surface area contributed by atoms with E-state index in [1.165, 1.54) is 6.20 Å². The molecule has 2 saturated heterocycles. The van der Waals surface area contributed by atoms with Gasteiger partial charge in [-0.1, -0.05) is 30.3 Å². The SMILES string of the molecule is NC(=O)c1ccc(N2CC[C@](O)(c3ccccc3)[C@H](N3CCOCC3)C2)nc1. The number of ether oxygens (including phenoxy) is 1. The van der Waals surface area contributed by atoms with E-state index < -0.39 is 11.5 Å². The molecule has 7 nitrogen and oxygen atoms in total. The number of rotatable bonds is 4. The van der Waals surface area contributed by atoms with Gasteiger partial charge < -0.3 is 20.5 Å². The molecule has 2 fully saturated rings. The first kappa shape index (κ1) is 18.9. The summed E-state index contributed by atoms with van der Waals surface area (Å²) in [5, 5.41) is 11.7. The zero-order valence-corrected chi connectivity index (χ0v) is 15.8. The van der Waals surface area contributed by atoms with Crippen molar-refractivity contribution in [3.63, 3.8) is 0 Å². The number of nitrogens with two attached hydrogens (primary N) is 1. The van der Waals surface area contributed by atoms with Gasteiger partial charge in [-0.15, -0.1) is 0 Å². The van der Waals surface area contributed by atoms with Crippen LogP contribution < -0.4 is 10.6 Å². The summed E-state index contributed by atoms with van der Waals surface area (Å²) < 4.78 is 5.52. The number of hydrogen-bond acceptors (Lipinski definition) is 6. The largest absolute Gasteiger partial charge is 0.383 e. The van der Waals surface area contributed by atoms with Crippen molar-refractivity contribution < 1.29 is 14.6 Å². The van der Waals surface area contributed by atoms with E-state index in [9.17, 15) is 9.90 Å². The van der Waals surface area contributed by atoms with E-state index in [2.05, 4.69) is 14.8 Å². The number of carbonyl (C=O) groups excluding carboxylic acids is 1. The Bertz CT molecular complexity index is 808. The van der Waals surface area contributed by atoms with E-state index in [1.807, 2.05) is 36.4 Å². The van der Waals surface area contributed by atoms with E-state index in [0.29, 0.717) is 38.3 Å². The van der Waals surface area contributed by atoms with Crippen LogP contribution in [0.4, 0.5) is 5.82 Å². The highest BCUT2D eigenvalue weighted by molar-refractivity contribution is 5.92. The molecule has 2 aliphatic heterocycles. The summed E-state index contributed by atoms with van der Waals surface area (Å²) in [6.45, 7) is 4.26. The van der Waals surface area contributed by atoms with Gasteiger partial charge in [0.25, 0.3) is 0 Å². The number of aliphatic hydroxyl groups is 1. The number of nitrogens with zero attached hydrogens (tertiary/aromatic N) is 3. The zero-order chi connectivity index (χ0) is 19.6. The van der Waals surface area contributed by atoms with Crippen molar-refractivity contribution in [1.82, 2.24) is 9.88 Å². The summed E-state index contributed by atoms with van der Waals surface area (Å²) in [5.74, 6) is 0.306. The second-order valence-electron chi connectivity index (χ2n) is 7.42. The van der Waals surface area contributed by atoms with E-state index >= 15 is 0 Å². The lowest BCUT2D eigenvalue weighted by Crippen LogP contribution is -2.62. The van der Waals surface area contributed by atoms with Crippen LogP contribution in [0.5, 0.6) is 0 Å². The van der Waals surface area contributed by atoms with Crippen molar-refractivity contribution in [2.75, 3.05) is 44.3 Å². The summed E-state index contributed by atoms with van der Waals surface area (Å²) in [4.78, 5) is 20.2. The van der Waals surface area contributed by atoms with Gasteiger partial charge in [-0.2, -0.15) is 0 Å². The first-order chi connectivity index (χ1) is 13.6. The second-order valence-corrected chi connectivity index (χ2v) is 7.42. The topological polar surface area (TPSA) is 91.9 Å². The first-order valence-electron chi connectivity index (χ1n) is 9.68. The molecule has 1 amide bonds. The Morgan fingerprint density at radius 3 is 2.54 bits per heavy atom. The van der Waals surface area contributed by atoms with Crippen LogP contribution in [0, 0.1) is 0 Å². The van der Waals surface area contributed by atoms with Crippen LogP contribution in [0.1, 0.15) is 22.3 Å². The van der Waals surface area contributed by atoms with Crippen molar-refractivity contribution in [2.24, 2.45) is 5.73 Å². The Balaban J connectivity index is 1.62. The molecule has 3 N–H and O–H groups in total.